The van der Waals surface area contributed by atoms with Gasteiger partial charge in [-0.2, -0.15) is 0 Å². The highest BCUT2D eigenvalue weighted by Crippen LogP contribution is 2.02. The minimum Gasteiger partial charge on any atom is -0.480 e. The molecule has 0 aromatic rings. The average Bonchev–Trinajstić information content (AvgIpc) is 2.15. The van der Waals surface area contributed by atoms with E-state index in [2.05, 4.69) is 5.32 Å². The van der Waals surface area contributed by atoms with E-state index in [1.807, 2.05) is 20.8 Å². The molecule has 0 fully saturated rings. The first kappa shape index (κ1) is 12.7. The molecule has 0 aliphatic heterocycles. The van der Waals surface area contributed by atoms with Crippen LogP contribution in [0.3, 0.4) is 0 Å². The maximum atomic E-state index is 11.4. The topological polar surface area (TPSA) is 69.6 Å². The van der Waals surface area contributed by atoms with E-state index in [9.17, 15) is 9.59 Å². The summed E-state index contributed by atoms with van der Waals surface area (Å²) in [6.07, 6.45) is 0.855. The van der Waals surface area contributed by atoms with Crippen LogP contribution in [0.4, 0.5) is 4.79 Å². The molecule has 0 aromatic carbocycles. The lowest BCUT2D eigenvalue weighted by molar-refractivity contribution is -0.135. The van der Waals surface area contributed by atoms with Gasteiger partial charge in [0.15, 0.2) is 0 Å². The predicted molar refractivity (Wildman–Crippen MR) is 53.2 cm³/mol. The maximum absolute atomic E-state index is 11.4. The number of hydrogen-bond donors (Lipinski definition) is 2. The minimum absolute atomic E-state index is 0.133. The molecule has 1 atom stereocenters. The third-order valence-corrected chi connectivity index (χ3v) is 2.12. The van der Waals surface area contributed by atoms with Crippen molar-refractivity contribution in [3.8, 4) is 0 Å². The summed E-state index contributed by atoms with van der Waals surface area (Å²) in [5.41, 5.74) is 0. The fourth-order valence-electron chi connectivity index (χ4n) is 1.13. The van der Waals surface area contributed by atoms with Crippen molar-refractivity contribution in [3.63, 3.8) is 0 Å². The standard InChI is InChI=1S/C9H18N2O3/c1-4-7(3)11(5-2)9(14)10-6-8(12)13/h7H,4-6H2,1-3H3,(H,10,14)(H,12,13). The quantitative estimate of drug-likeness (QED) is 0.696. The molecule has 0 radical (unpaired) electrons. The summed E-state index contributed by atoms with van der Waals surface area (Å²) in [4.78, 5) is 23.3. The number of amides is 2. The first-order valence-electron chi connectivity index (χ1n) is 4.79. The summed E-state index contributed by atoms with van der Waals surface area (Å²) in [6, 6.07) is -0.182. The van der Waals surface area contributed by atoms with Crippen LogP contribution in [0.15, 0.2) is 0 Å². The Bertz CT molecular complexity index is 206. The summed E-state index contributed by atoms with van der Waals surface area (Å²) in [5, 5.41) is 10.7. The molecular formula is C9H18N2O3. The molecule has 0 saturated heterocycles. The van der Waals surface area contributed by atoms with Crippen molar-refractivity contribution in [2.24, 2.45) is 0 Å². The van der Waals surface area contributed by atoms with Gasteiger partial charge in [-0.25, -0.2) is 4.79 Å². The molecule has 5 nitrogen and oxygen atoms in total. The number of urea groups is 1. The van der Waals surface area contributed by atoms with Crippen LogP contribution in [0.1, 0.15) is 27.2 Å². The Balaban J connectivity index is 4.10. The minimum atomic E-state index is -1.03. The lowest BCUT2D eigenvalue weighted by atomic mass is 10.2. The summed E-state index contributed by atoms with van der Waals surface area (Å²) in [5.74, 6) is -1.03. The highest BCUT2D eigenvalue weighted by atomic mass is 16.4. The molecule has 0 heterocycles. The Kier molecular flexibility index (Phi) is 5.67. The molecule has 82 valence electrons. The fourth-order valence-corrected chi connectivity index (χ4v) is 1.13. The van der Waals surface area contributed by atoms with Crippen LogP contribution in [0, 0.1) is 0 Å². The third-order valence-electron chi connectivity index (χ3n) is 2.12. The average molecular weight is 202 g/mol. The maximum Gasteiger partial charge on any atom is 0.323 e. The lowest BCUT2D eigenvalue weighted by Crippen LogP contribution is -2.46. The van der Waals surface area contributed by atoms with E-state index in [1.54, 1.807) is 4.90 Å². The van der Waals surface area contributed by atoms with E-state index in [0.29, 0.717) is 6.54 Å². The monoisotopic (exact) mass is 202 g/mol. The van der Waals surface area contributed by atoms with E-state index in [1.165, 1.54) is 0 Å². The number of carboxylic acids is 1. The molecule has 0 rings (SSSR count). The van der Waals surface area contributed by atoms with Crippen LogP contribution in [0.25, 0.3) is 0 Å². The fraction of sp³-hybridized carbons (Fsp3) is 0.778. The number of rotatable bonds is 5. The predicted octanol–water partition coefficient (Wildman–Crippen LogP) is 0.901. The zero-order valence-corrected chi connectivity index (χ0v) is 8.91. The van der Waals surface area contributed by atoms with Gasteiger partial charge in [-0.05, 0) is 20.3 Å². The van der Waals surface area contributed by atoms with Gasteiger partial charge in [0, 0.05) is 12.6 Å². The van der Waals surface area contributed by atoms with Gasteiger partial charge < -0.3 is 15.3 Å². The molecule has 2 amide bonds. The molecule has 5 heteroatoms. The van der Waals surface area contributed by atoms with Crippen LogP contribution in [-0.2, 0) is 4.79 Å². The third kappa shape index (κ3) is 4.11. The van der Waals surface area contributed by atoms with E-state index in [-0.39, 0.29) is 18.6 Å². The first-order chi connectivity index (χ1) is 6.52. The molecule has 14 heavy (non-hydrogen) atoms. The summed E-state index contributed by atoms with van der Waals surface area (Å²) >= 11 is 0. The van der Waals surface area contributed by atoms with E-state index >= 15 is 0 Å². The molecule has 0 bridgehead atoms. The molecule has 0 aliphatic rings. The number of carbonyl (C=O) groups is 2. The van der Waals surface area contributed by atoms with Crippen LogP contribution in [0.5, 0.6) is 0 Å². The molecule has 0 saturated carbocycles. The van der Waals surface area contributed by atoms with Crippen molar-refractivity contribution in [1.29, 1.82) is 0 Å². The lowest BCUT2D eigenvalue weighted by Gasteiger charge is -2.26. The Morgan fingerprint density at radius 3 is 2.36 bits per heavy atom. The SMILES string of the molecule is CCC(C)N(CC)C(=O)NCC(=O)O. The van der Waals surface area contributed by atoms with Gasteiger partial charge >= 0.3 is 12.0 Å². The number of nitrogens with one attached hydrogen (secondary N) is 1. The zero-order valence-electron chi connectivity index (χ0n) is 8.91. The van der Waals surface area contributed by atoms with Gasteiger partial charge in [0.2, 0.25) is 0 Å². The normalized spacial score (nSPS) is 11.9. The Labute approximate surface area is 84.1 Å². The molecule has 2 N–H and O–H groups in total. The molecule has 0 aliphatic carbocycles. The van der Waals surface area contributed by atoms with Gasteiger partial charge in [0.05, 0.1) is 0 Å². The second-order valence-corrected chi connectivity index (χ2v) is 3.10. The van der Waals surface area contributed by atoms with Crippen molar-refractivity contribution in [3.05, 3.63) is 0 Å². The first-order valence-corrected chi connectivity index (χ1v) is 4.79. The van der Waals surface area contributed by atoms with Gasteiger partial charge in [-0.15, -0.1) is 0 Å². The molecule has 0 spiro atoms. The van der Waals surface area contributed by atoms with Gasteiger partial charge in [-0.1, -0.05) is 6.92 Å². The van der Waals surface area contributed by atoms with Gasteiger partial charge in [0.25, 0.3) is 0 Å². The number of carbonyl (C=O) groups excluding carboxylic acids is 1. The van der Waals surface area contributed by atoms with Gasteiger partial charge in [0.1, 0.15) is 6.54 Å². The second-order valence-electron chi connectivity index (χ2n) is 3.10. The van der Waals surface area contributed by atoms with Gasteiger partial charge in [-0.3, -0.25) is 4.79 Å². The number of aliphatic carboxylic acids is 1. The van der Waals surface area contributed by atoms with Crippen molar-refractivity contribution in [2.75, 3.05) is 13.1 Å². The highest BCUT2D eigenvalue weighted by molar-refractivity contribution is 5.80. The van der Waals surface area contributed by atoms with Crippen LogP contribution < -0.4 is 5.32 Å². The molecular weight excluding hydrogens is 184 g/mol. The summed E-state index contributed by atoms with van der Waals surface area (Å²) < 4.78 is 0. The Morgan fingerprint density at radius 2 is 2.00 bits per heavy atom. The van der Waals surface area contributed by atoms with E-state index in [0.717, 1.165) is 6.42 Å². The number of carboxylic acid groups (broad SMARTS) is 1. The number of nitrogens with zero attached hydrogens (tertiary/aromatic N) is 1. The molecule has 1 unspecified atom stereocenters. The summed E-state index contributed by atoms with van der Waals surface area (Å²) in [7, 11) is 0. The molecule has 0 aromatic heterocycles. The van der Waals surface area contributed by atoms with Crippen molar-refractivity contribution < 1.29 is 14.7 Å². The van der Waals surface area contributed by atoms with Crippen molar-refractivity contribution in [1.82, 2.24) is 10.2 Å². The largest absolute Gasteiger partial charge is 0.480 e. The van der Waals surface area contributed by atoms with Crippen LogP contribution >= 0.6 is 0 Å². The van der Waals surface area contributed by atoms with E-state index < -0.39 is 5.97 Å². The van der Waals surface area contributed by atoms with Crippen molar-refractivity contribution >= 4 is 12.0 Å². The zero-order chi connectivity index (χ0) is 11.1. The van der Waals surface area contributed by atoms with Crippen LogP contribution in [-0.4, -0.2) is 41.1 Å². The van der Waals surface area contributed by atoms with Crippen molar-refractivity contribution in [2.45, 2.75) is 33.2 Å². The van der Waals surface area contributed by atoms with E-state index in [4.69, 9.17) is 5.11 Å². The second kappa shape index (κ2) is 6.23. The highest BCUT2D eigenvalue weighted by Gasteiger charge is 2.16. The van der Waals surface area contributed by atoms with Crippen LogP contribution in [0.2, 0.25) is 0 Å². The number of hydrogen-bond acceptors (Lipinski definition) is 2. The smallest absolute Gasteiger partial charge is 0.323 e. The summed E-state index contributed by atoms with van der Waals surface area (Å²) in [6.45, 7) is 6.04. The Morgan fingerprint density at radius 1 is 1.43 bits per heavy atom. The Hall–Kier alpha value is -1.26.